The molecule has 34 heavy (non-hydrogen) atoms. The maximum absolute atomic E-state index is 13.0. The summed E-state index contributed by atoms with van der Waals surface area (Å²) in [6, 6.07) is 14.3. The number of rotatable bonds is 9. The second-order valence-electron chi connectivity index (χ2n) is 8.49. The van der Waals surface area contributed by atoms with Crippen molar-refractivity contribution >= 4 is 37.5 Å². The molecular formula is C25H31N3O4S2. The van der Waals surface area contributed by atoms with Crippen molar-refractivity contribution in [3.05, 3.63) is 54.1 Å². The molecule has 0 spiro atoms. The van der Waals surface area contributed by atoms with Gasteiger partial charge in [-0.15, -0.1) is 0 Å². The molecule has 9 heteroatoms. The SMILES string of the molecule is CCCN(CCC)S(=O)(=O)c1ccc(C(=O)N2CCC(Oc3nc4ccccc4s3)CC2)cc1. The number of sulfonamides is 1. The van der Waals surface area contributed by atoms with Gasteiger partial charge in [0, 0.05) is 44.6 Å². The number of nitrogens with zero attached hydrogens (tertiary/aromatic N) is 3. The molecule has 0 radical (unpaired) electrons. The Morgan fingerprint density at radius 1 is 1.06 bits per heavy atom. The van der Waals surface area contributed by atoms with Crippen LogP contribution >= 0.6 is 11.3 Å². The molecule has 0 atom stereocenters. The fraction of sp³-hybridized carbons (Fsp3) is 0.440. The first-order valence-electron chi connectivity index (χ1n) is 11.8. The second-order valence-corrected chi connectivity index (χ2v) is 11.4. The highest BCUT2D eigenvalue weighted by atomic mass is 32.2. The van der Waals surface area contributed by atoms with Crippen molar-refractivity contribution in [1.82, 2.24) is 14.2 Å². The molecule has 1 fully saturated rings. The van der Waals surface area contributed by atoms with Crippen molar-refractivity contribution in [1.29, 1.82) is 0 Å². The molecule has 0 unspecified atom stereocenters. The maximum atomic E-state index is 13.0. The molecule has 1 aromatic heterocycles. The molecule has 3 aromatic rings. The minimum atomic E-state index is -3.55. The van der Waals surface area contributed by atoms with Crippen molar-refractivity contribution in [3.63, 3.8) is 0 Å². The number of ether oxygens (including phenoxy) is 1. The topological polar surface area (TPSA) is 79.8 Å². The normalized spacial score (nSPS) is 15.2. The minimum absolute atomic E-state index is 0.0280. The first-order valence-corrected chi connectivity index (χ1v) is 14.1. The zero-order valence-electron chi connectivity index (χ0n) is 19.6. The van der Waals surface area contributed by atoms with E-state index >= 15 is 0 Å². The zero-order chi connectivity index (χ0) is 24.1. The van der Waals surface area contributed by atoms with E-state index in [1.54, 1.807) is 24.3 Å². The largest absolute Gasteiger partial charge is 0.467 e. The third-order valence-electron chi connectivity index (χ3n) is 5.96. The van der Waals surface area contributed by atoms with Gasteiger partial charge >= 0.3 is 0 Å². The van der Waals surface area contributed by atoms with Gasteiger partial charge < -0.3 is 9.64 Å². The molecule has 0 N–H and O–H groups in total. The van der Waals surface area contributed by atoms with Crippen molar-refractivity contribution in [2.75, 3.05) is 26.2 Å². The van der Waals surface area contributed by atoms with Crippen LogP contribution in [0.3, 0.4) is 0 Å². The van der Waals surface area contributed by atoms with Gasteiger partial charge in [0.25, 0.3) is 11.1 Å². The number of aromatic nitrogens is 1. The number of para-hydroxylation sites is 1. The van der Waals surface area contributed by atoms with Crippen LogP contribution in [0.25, 0.3) is 10.2 Å². The summed E-state index contributed by atoms with van der Waals surface area (Å²) >= 11 is 1.54. The molecule has 1 aliphatic rings. The van der Waals surface area contributed by atoms with E-state index < -0.39 is 10.0 Å². The standard InChI is InChI=1S/C25H31N3O4S2/c1-3-15-28(16-4-2)34(30,31)21-11-9-19(10-12-21)24(29)27-17-13-20(14-18-27)32-25-26-22-7-5-6-8-23(22)33-25/h5-12,20H,3-4,13-18H2,1-2H3. The number of carbonyl (C=O) groups is 1. The summed E-state index contributed by atoms with van der Waals surface area (Å²) in [6.07, 6.45) is 3.01. The number of hydrogen-bond acceptors (Lipinski definition) is 6. The molecule has 1 saturated heterocycles. The quantitative estimate of drug-likeness (QED) is 0.421. The molecule has 4 rings (SSSR count). The highest BCUT2D eigenvalue weighted by molar-refractivity contribution is 7.89. The van der Waals surface area contributed by atoms with Crippen LogP contribution in [-0.4, -0.2) is 60.8 Å². The molecule has 2 heterocycles. The van der Waals surface area contributed by atoms with E-state index in [0.717, 1.165) is 35.9 Å². The van der Waals surface area contributed by atoms with Gasteiger partial charge in [-0.1, -0.05) is 37.3 Å². The van der Waals surface area contributed by atoms with Crippen molar-refractivity contribution in [2.45, 2.75) is 50.5 Å². The van der Waals surface area contributed by atoms with Gasteiger partial charge in [0.15, 0.2) is 0 Å². The second kappa shape index (κ2) is 10.8. The number of fused-ring (bicyclic) bond motifs is 1. The Labute approximate surface area is 205 Å². The fourth-order valence-corrected chi connectivity index (χ4v) is 6.68. The van der Waals surface area contributed by atoms with Crippen LogP contribution in [0.4, 0.5) is 0 Å². The van der Waals surface area contributed by atoms with Crippen LogP contribution in [0, 0.1) is 0 Å². The Bertz CT molecular complexity index is 1180. The molecule has 7 nitrogen and oxygen atoms in total. The third-order valence-corrected chi connectivity index (χ3v) is 8.80. The van der Waals surface area contributed by atoms with Gasteiger partial charge in [0.2, 0.25) is 10.0 Å². The summed E-state index contributed by atoms with van der Waals surface area (Å²) < 4.78 is 34.6. The van der Waals surface area contributed by atoms with Crippen LogP contribution in [0.5, 0.6) is 5.19 Å². The van der Waals surface area contributed by atoms with E-state index in [9.17, 15) is 13.2 Å². The Kier molecular flexibility index (Phi) is 7.85. The highest BCUT2D eigenvalue weighted by Crippen LogP contribution is 2.29. The van der Waals surface area contributed by atoms with E-state index in [-0.39, 0.29) is 16.9 Å². The lowest BCUT2D eigenvalue weighted by atomic mass is 10.1. The summed E-state index contributed by atoms with van der Waals surface area (Å²) in [5, 5.41) is 0.669. The van der Waals surface area contributed by atoms with Gasteiger partial charge in [-0.2, -0.15) is 4.31 Å². The summed E-state index contributed by atoms with van der Waals surface area (Å²) in [7, 11) is -3.55. The Balaban J connectivity index is 1.35. The van der Waals surface area contributed by atoms with Gasteiger partial charge in [-0.25, -0.2) is 13.4 Å². The lowest BCUT2D eigenvalue weighted by Gasteiger charge is -2.31. The van der Waals surface area contributed by atoms with Crippen molar-refractivity contribution in [2.24, 2.45) is 0 Å². The number of benzene rings is 2. The number of likely N-dealkylation sites (tertiary alicyclic amines) is 1. The number of piperidine rings is 1. The first-order chi connectivity index (χ1) is 16.4. The molecule has 0 bridgehead atoms. The Morgan fingerprint density at radius 3 is 2.32 bits per heavy atom. The molecular weight excluding hydrogens is 470 g/mol. The van der Waals surface area contributed by atoms with Crippen LogP contribution in [0.15, 0.2) is 53.4 Å². The Morgan fingerprint density at radius 2 is 1.71 bits per heavy atom. The van der Waals surface area contributed by atoms with Crippen molar-refractivity contribution in [3.8, 4) is 5.19 Å². The highest BCUT2D eigenvalue weighted by Gasteiger charge is 2.27. The van der Waals surface area contributed by atoms with E-state index in [0.29, 0.717) is 36.9 Å². The van der Waals surface area contributed by atoms with Crippen molar-refractivity contribution < 1.29 is 17.9 Å². The van der Waals surface area contributed by atoms with Crippen LogP contribution in [0.2, 0.25) is 0 Å². The van der Waals surface area contributed by atoms with Gasteiger partial charge in [0.05, 0.1) is 15.1 Å². The first kappa shape index (κ1) is 24.6. The average Bonchev–Trinajstić information content (AvgIpc) is 3.26. The molecule has 0 aliphatic carbocycles. The minimum Gasteiger partial charge on any atom is -0.467 e. The number of carbonyl (C=O) groups excluding carboxylic acids is 1. The molecule has 1 amide bonds. The maximum Gasteiger partial charge on any atom is 0.274 e. The monoisotopic (exact) mass is 501 g/mol. The summed E-state index contributed by atoms with van der Waals surface area (Å²) in [4.78, 5) is 19.6. The molecule has 1 aliphatic heterocycles. The lowest BCUT2D eigenvalue weighted by molar-refractivity contribution is 0.0595. The Hall–Kier alpha value is -2.49. The van der Waals surface area contributed by atoms with Crippen LogP contribution < -0.4 is 4.74 Å². The molecule has 2 aromatic carbocycles. The zero-order valence-corrected chi connectivity index (χ0v) is 21.3. The number of hydrogen-bond donors (Lipinski definition) is 0. The predicted octanol–water partition coefficient (Wildman–Crippen LogP) is 4.79. The fourth-order valence-electron chi connectivity index (χ4n) is 4.17. The average molecular weight is 502 g/mol. The molecule has 182 valence electrons. The number of thiazole rings is 1. The van der Waals surface area contributed by atoms with E-state index in [4.69, 9.17) is 4.74 Å². The number of amides is 1. The smallest absolute Gasteiger partial charge is 0.274 e. The van der Waals surface area contributed by atoms with E-state index in [2.05, 4.69) is 4.98 Å². The predicted molar refractivity (Wildman–Crippen MR) is 135 cm³/mol. The van der Waals surface area contributed by atoms with Gasteiger partial charge in [0.1, 0.15) is 6.10 Å². The van der Waals surface area contributed by atoms with E-state index in [1.807, 2.05) is 43.0 Å². The lowest BCUT2D eigenvalue weighted by Crippen LogP contribution is -2.41. The molecule has 0 saturated carbocycles. The van der Waals surface area contributed by atoms with Crippen LogP contribution in [-0.2, 0) is 10.0 Å². The summed E-state index contributed by atoms with van der Waals surface area (Å²) in [5.41, 5.74) is 1.44. The third kappa shape index (κ3) is 5.42. The van der Waals surface area contributed by atoms with E-state index in [1.165, 1.54) is 15.6 Å². The summed E-state index contributed by atoms with van der Waals surface area (Å²) in [5.74, 6) is -0.0821. The van der Waals surface area contributed by atoms with Gasteiger partial charge in [-0.05, 0) is 49.2 Å². The van der Waals surface area contributed by atoms with Crippen LogP contribution in [0.1, 0.15) is 49.9 Å². The summed E-state index contributed by atoms with van der Waals surface area (Å²) in [6.45, 7) is 6.10. The van der Waals surface area contributed by atoms with Gasteiger partial charge in [-0.3, -0.25) is 4.79 Å².